The van der Waals surface area contributed by atoms with E-state index in [0.717, 1.165) is 0 Å². The molecule has 108 valence electrons. The van der Waals surface area contributed by atoms with Crippen molar-refractivity contribution in [1.82, 2.24) is 16.0 Å². The lowest BCUT2D eigenvalue weighted by Gasteiger charge is -2.14. The number of carboxylic acid groups (broad SMARTS) is 1. The van der Waals surface area contributed by atoms with Crippen LogP contribution < -0.4 is 21.7 Å². The Balaban J connectivity index is 4.01. The van der Waals surface area contributed by atoms with Crippen molar-refractivity contribution in [2.45, 2.75) is 25.9 Å². The highest BCUT2D eigenvalue weighted by atomic mass is 16.4. The van der Waals surface area contributed by atoms with Gasteiger partial charge in [0.15, 0.2) is 0 Å². The standard InChI is InChI=1S/C10H18N4O5/c1-5(11)9(18)12-3-7(15)14-6(2)10(19)13-4-8(16)17/h5-6H,3-4,11H2,1-2H3,(H,12,18)(H,13,19)(H,14,15)(H,16,17). The van der Waals surface area contributed by atoms with Gasteiger partial charge in [0.05, 0.1) is 12.6 Å². The largest absolute Gasteiger partial charge is 0.480 e. The van der Waals surface area contributed by atoms with Crippen LogP contribution in [0.1, 0.15) is 13.8 Å². The van der Waals surface area contributed by atoms with E-state index in [0.29, 0.717) is 0 Å². The molecular weight excluding hydrogens is 256 g/mol. The molecule has 2 atom stereocenters. The zero-order valence-corrected chi connectivity index (χ0v) is 10.7. The zero-order valence-electron chi connectivity index (χ0n) is 10.7. The molecule has 0 bridgehead atoms. The minimum atomic E-state index is -1.18. The molecule has 0 aliphatic rings. The van der Waals surface area contributed by atoms with Gasteiger partial charge >= 0.3 is 5.97 Å². The maximum Gasteiger partial charge on any atom is 0.322 e. The minimum Gasteiger partial charge on any atom is -0.480 e. The quantitative estimate of drug-likeness (QED) is 0.337. The second-order valence-electron chi connectivity index (χ2n) is 3.91. The lowest BCUT2D eigenvalue weighted by molar-refractivity contribution is -0.138. The summed E-state index contributed by atoms with van der Waals surface area (Å²) >= 11 is 0. The summed E-state index contributed by atoms with van der Waals surface area (Å²) < 4.78 is 0. The SMILES string of the molecule is CC(N)C(=O)NCC(=O)NC(C)C(=O)NCC(=O)O. The molecule has 0 aliphatic carbocycles. The van der Waals surface area contributed by atoms with Crippen molar-refractivity contribution >= 4 is 23.7 Å². The third-order valence-electron chi connectivity index (χ3n) is 2.02. The normalized spacial score (nSPS) is 13.0. The Kier molecular flexibility index (Phi) is 7.12. The molecular formula is C10H18N4O5. The molecule has 0 heterocycles. The summed E-state index contributed by atoms with van der Waals surface area (Å²) in [5.74, 6) is -2.88. The number of carbonyl (C=O) groups excluding carboxylic acids is 3. The highest BCUT2D eigenvalue weighted by Crippen LogP contribution is 1.82. The van der Waals surface area contributed by atoms with Gasteiger partial charge in [-0.1, -0.05) is 0 Å². The third kappa shape index (κ3) is 7.71. The number of nitrogens with two attached hydrogens (primary N) is 1. The summed E-state index contributed by atoms with van der Waals surface area (Å²) in [6.45, 7) is 2.02. The molecule has 0 aromatic heterocycles. The summed E-state index contributed by atoms with van der Waals surface area (Å²) in [5, 5.41) is 15.0. The minimum absolute atomic E-state index is 0.309. The zero-order chi connectivity index (χ0) is 15.0. The molecule has 9 nitrogen and oxygen atoms in total. The van der Waals surface area contributed by atoms with Crippen LogP contribution in [0.4, 0.5) is 0 Å². The van der Waals surface area contributed by atoms with Crippen molar-refractivity contribution in [3.63, 3.8) is 0 Å². The first kappa shape index (κ1) is 16.8. The van der Waals surface area contributed by atoms with E-state index in [1.54, 1.807) is 0 Å². The van der Waals surface area contributed by atoms with Crippen molar-refractivity contribution in [2.24, 2.45) is 5.73 Å². The van der Waals surface area contributed by atoms with E-state index in [1.807, 2.05) is 0 Å². The Labute approximate surface area is 109 Å². The molecule has 0 fully saturated rings. The summed E-state index contributed by atoms with van der Waals surface area (Å²) in [4.78, 5) is 44.0. The van der Waals surface area contributed by atoms with Gasteiger partial charge in [-0.3, -0.25) is 19.2 Å². The topological polar surface area (TPSA) is 151 Å². The fourth-order valence-corrected chi connectivity index (χ4v) is 1.00. The van der Waals surface area contributed by atoms with Crippen LogP contribution in [0.15, 0.2) is 0 Å². The fourth-order valence-electron chi connectivity index (χ4n) is 1.00. The monoisotopic (exact) mass is 274 g/mol. The Morgan fingerprint density at radius 2 is 1.58 bits per heavy atom. The van der Waals surface area contributed by atoms with E-state index in [1.165, 1.54) is 13.8 Å². The van der Waals surface area contributed by atoms with E-state index < -0.39 is 42.3 Å². The molecule has 19 heavy (non-hydrogen) atoms. The molecule has 0 aromatic rings. The Bertz CT molecular complexity index is 369. The van der Waals surface area contributed by atoms with Crippen LogP contribution in [0.3, 0.4) is 0 Å². The number of nitrogens with one attached hydrogen (secondary N) is 3. The maximum absolute atomic E-state index is 11.4. The highest BCUT2D eigenvalue weighted by molar-refractivity contribution is 5.91. The molecule has 0 saturated heterocycles. The molecule has 6 N–H and O–H groups in total. The summed E-state index contributed by atoms with van der Waals surface area (Å²) in [6.07, 6.45) is 0. The van der Waals surface area contributed by atoms with Gasteiger partial charge in [0.25, 0.3) is 0 Å². The second-order valence-corrected chi connectivity index (χ2v) is 3.91. The van der Waals surface area contributed by atoms with Gasteiger partial charge in [0.1, 0.15) is 12.6 Å². The van der Waals surface area contributed by atoms with Crippen LogP contribution in [0.5, 0.6) is 0 Å². The lowest BCUT2D eigenvalue weighted by atomic mass is 10.3. The average Bonchev–Trinajstić information content (AvgIpc) is 2.32. The van der Waals surface area contributed by atoms with Crippen molar-refractivity contribution in [3.05, 3.63) is 0 Å². The van der Waals surface area contributed by atoms with Crippen molar-refractivity contribution in [3.8, 4) is 0 Å². The number of aliphatic carboxylic acids is 1. The predicted molar refractivity (Wildman–Crippen MR) is 64.9 cm³/mol. The maximum atomic E-state index is 11.4. The van der Waals surface area contributed by atoms with Crippen molar-refractivity contribution in [1.29, 1.82) is 0 Å². The van der Waals surface area contributed by atoms with Gasteiger partial charge in [0, 0.05) is 0 Å². The summed E-state index contributed by atoms with van der Waals surface area (Å²) in [7, 11) is 0. The van der Waals surface area contributed by atoms with E-state index in [2.05, 4.69) is 16.0 Å². The van der Waals surface area contributed by atoms with Crippen molar-refractivity contribution in [2.75, 3.05) is 13.1 Å². The Hall–Kier alpha value is -2.16. The molecule has 3 amide bonds. The first-order valence-corrected chi connectivity index (χ1v) is 5.56. The van der Waals surface area contributed by atoms with E-state index in [9.17, 15) is 19.2 Å². The van der Waals surface area contributed by atoms with Crippen LogP contribution in [-0.4, -0.2) is 54.0 Å². The molecule has 2 unspecified atom stereocenters. The highest BCUT2D eigenvalue weighted by Gasteiger charge is 2.16. The summed E-state index contributed by atoms with van der Waals surface area (Å²) in [6, 6.07) is -1.64. The van der Waals surface area contributed by atoms with E-state index >= 15 is 0 Å². The van der Waals surface area contributed by atoms with Crippen LogP contribution in [0, 0.1) is 0 Å². The van der Waals surface area contributed by atoms with Crippen LogP contribution in [0.25, 0.3) is 0 Å². The fraction of sp³-hybridized carbons (Fsp3) is 0.600. The predicted octanol–water partition coefficient (Wildman–Crippen LogP) is -2.84. The van der Waals surface area contributed by atoms with Gasteiger partial charge < -0.3 is 26.8 Å². The Morgan fingerprint density at radius 3 is 2.05 bits per heavy atom. The van der Waals surface area contributed by atoms with Gasteiger partial charge in [-0.05, 0) is 13.8 Å². The number of hydrogen-bond donors (Lipinski definition) is 5. The molecule has 9 heteroatoms. The molecule has 0 saturated carbocycles. The molecule has 0 aliphatic heterocycles. The smallest absolute Gasteiger partial charge is 0.322 e. The average molecular weight is 274 g/mol. The van der Waals surface area contributed by atoms with Gasteiger partial charge in [0.2, 0.25) is 17.7 Å². The van der Waals surface area contributed by atoms with Gasteiger partial charge in [-0.25, -0.2) is 0 Å². The van der Waals surface area contributed by atoms with E-state index in [-0.39, 0.29) is 6.54 Å². The number of carbonyl (C=O) groups is 4. The number of carboxylic acids is 1. The van der Waals surface area contributed by atoms with Crippen LogP contribution in [-0.2, 0) is 19.2 Å². The third-order valence-corrected chi connectivity index (χ3v) is 2.02. The second kappa shape index (κ2) is 8.03. The summed E-state index contributed by atoms with van der Waals surface area (Å²) in [5.41, 5.74) is 5.28. The molecule has 0 rings (SSSR count). The van der Waals surface area contributed by atoms with Crippen LogP contribution in [0.2, 0.25) is 0 Å². The molecule has 0 spiro atoms. The number of rotatable bonds is 7. The van der Waals surface area contributed by atoms with Crippen LogP contribution >= 0.6 is 0 Å². The molecule has 0 aromatic carbocycles. The first-order valence-electron chi connectivity index (χ1n) is 5.56. The number of amides is 3. The lowest BCUT2D eigenvalue weighted by Crippen LogP contribution is -2.50. The first-order chi connectivity index (χ1) is 8.73. The van der Waals surface area contributed by atoms with Crippen molar-refractivity contribution < 1.29 is 24.3 Å². The molecule has 0 radical (unpaired) electrons. The van der Waals surface area contributed by atoms with Gasteiger partial charge in [-0.2, -0.15) is 0 Å². The van der Waals surface area contributed by atoms with E-state index in [4.69, 9.17) is 10.8 Å². The number of hydrogen-bond acceptors (Lipinski definition) is 5. The Morgan fingerprint density at radius 1 is 1.05 bits per heavy atom. The van der Waals surface area contributed by atoms with Gasteiger partial charge in [-0.15, -0.1) is 0 Å².